The Labute approximate surface area is 126 Å². The van der Waals surface area contributed by atoms with Crippen molar-refractivity contribution in [2.45, 2.75) is 20.3 Å². The second kappa shape index (κ2) is 6.75. The van der Waals surface area contributed by atoms with E-state index in [-0.39, 0.29) is 5.56 Å². The van der Waals surface area contributed by atoms with Crippen molar-refractivity contribution >= 4 is 11.4 Å². The number of rotatable bonds is 5. The van der Waals surface area contributed by atoms with Gasteiger partial charge in [-0.05, 0) is 37.6 Å². The molecule has 3 N–H and O–H groups in total. The molecule has 0 unspecified atom stereocenters. The lowest BCUT2D eigenvalue weighted by atomic mass is 10.1. The Morgan fingerprint density at radius 1 is 1.18 bits per heavy atom. The van der Waals surface area contributed by atoms with Crippen molar-refractivity contribution < 1.29 is 9.84 Å². The van der Waals surface area contributed by atoms with Crippen LogP contribution in [0.1, 0.15) is 25.8 Å². The van der Waals surface area contributed by atoms with E-state index < -0.39 is 17.1 Å². The average Bonchev–Trinajstić information content (AvgIpc) is 2.47. The van der Waals surface area contributed by atoms with Crippen LogP contribution in [0.15, 0.2) is 38.8 Å². The van der Waals surface area contributed by atoms with Crippen LogP contribution in [0.2, 0.25) is 0 Å². The van der Waals surface area contributed by atoms with Gasteiger partial charge in [-0.2, -0.15) is 0 Å². The maximum absolute atomic E-state index is 11.9. The molecule has 0 bridgehead atoms. The zero-order valence-corrected chi connectivity index (χ0v) is 12.3. The highest BCUT2D eigenvalue weighted by Crippen LogP contribution is 2.20. The first-order valence-corrected chi connectivity index (χ1v) is 6.91. The minimum absolute atomic E-state index is 0.0315. The summed E-state index contributed by atoms with van der Waals surface area (Å²) in [5, 5.41) is 9.79. The molecular weight excluding hydrogens is 286 g/mol. The van der Waals surface area contributed by atoms with E-state index in [4.69, 9.17) is 4.74 Å². The van der Waals surface area contributed by atoms with E-state index in [1.165, 1.54) is 0 Å². The molecule has 0 aliphatic carbocycles. The van der Waals surface area contributed by atoms with Crippen LogP contribution in [0.3, 0.4) is 0 Å². The van der Waals surface area contributed by atoms with Crippen molar-refractivity contribution in [3.63, 3.8) is 0 Å². The average molecular weight is 303 g/mol. The number of nitrogens with zero attached hydrogens (tertiary/aromatic N) is 1. The molecule has 116 valence electrons. The maximum atomic E-state index is 11.9. The molecule has 7 nitrogen and oxygen atoms in total. The Kier molecular flexibility index (Phi) is 4.77. The van der Waals surface area contributed by atoms with Crippen molar-refractivity contribution in [1.82, 2.24) is 9.97 Å². The summed E-state index contributed by atoms with van der Waals surface area (Å²) in [7, 11) is 0. The molecule has 0 saturated heterocycles. The summed E-state index contributed by atoms with van der Waals surface area (Å²) in [6.07, 6.45) is 0.413. The molecule has 0 atom stereocenters. The molecule has 1 heterocycles. The van der Waals surface area contributed by atoms with Crippen LogP contribution in [0, 0.1) is 0 Å². The second-order valence-electron chi connectivity index (χ2n) is 4.47. The zero-order chi connectivity index (χ0) is 16.1. The van der Waals surface area contributed by atoms with Crippen molar-refractivity contribution in [1.29, 1.82) is 0 Å². The van der Waals surface area contributed by atoms with Crippen LogP contribution >= 0.6 is 0 Å². The quantitative estimate of drug-likeness (QED) is 0.730. The highest BCUT2D eigenvalue weighted by Gasteiger charge is 2.14. The molecule has 0 spiro atoms. The highest BCUT2D eigenvalue weighted by atomic mass is 16.5. The fourth-order valence-electron chi connectivity index (χ4n) is 1.99. The Bertz CT molecular complexity index is 788. The van der Waals surface area contributed by atoms with Crippen molar-refractivity contribution in [2.75, 3.05) is 6.61 Å². The molecule has 0 fully saturated rings. The van der Waals surface area contributed by atoms with E-state index in [0.29, 0.717) is 24.4 Å². The first kappa shape index (κ1) is 15.6. The lowest BCUT2D eigenvalue weighted by Crippen LogP contribution is -2.27. The van der Waals surface area contributed by atoms with Gasteiger partial charge >= 0.3 is 5.69 Å². The van der Waals surface area contributed by atoms with Gasteiger partial charge in [0.2, 0.25) is 5.88 Å². The number of hydrogen-bond acceptors (Lipinski definition) is 5. The third kappa shape index (κ3) is 3.43. The fraction of sp³-hybridized carbons (Fsp3) is 0.267. The van der Waals surface area contributed by atoms with Gasteiger partial charge in [0, 0.05) is 0 Å². The van der Waals surface area contributed by atoms with E-state index >= 15 is 0 Å². The van der Waals surface area contributed by atoms with Crippen molar-refractivity contribution in [3.8, 4) is 11.6 Å². The fourth-order valence-corrected chi connectivity index (χ4v) is 1.99. The van der Waals surface area contributed by atoms with Crippen LogP contribution in [-0.2, 0) is 0 Å². The van der Waals surface area contributed by atoms with Crippen LogP contribution in [0.4, 0.5) is 5.69 Å². The minimum atomic E-state index is -0.761. The van der Waals surface area contributed by atoms with Gasteiger partial charge in [-0.25, -0.2) is 4.79 Å². The van der Waals surface area contributed by atoms with E-state index in [9.17, 15) is 14.7 Å². The molecule has 0 amide bonds. The summed E-state index contributed by atoms with van der Waals surface area (Å²) in [6.45, 7) is 4.27. The number of aromatic amines is 2. The predicted octanol–water partition coefficient (Wildman–Crippen LogP) is 1.70. The van der Waals surface area contributed by atoms with Crippen molar-refractivity contribution in [3.05, 3.63) is 50.7 Å². The number of H-pyrrole nitrogens is 2. The van der Waals surface area contributed by atoms with E-state index in [1.54, 1.807) is 31.2 Å². The van der Waals surface area contributed by atoms with E-state index in [1.807, 2.05) is 6.92 Å². The largest absolute Gasteiger partial charge is 0.494 e. The van der Waals surface area contributed by atoms with Crippen LogP contribution in [0.25, 0.3) is 0 Å². The van der Waals surface area contributed by atoms with Crippen LogP contribution in [0.5, 0.6) is 11.6 Å². The van der Waals surface area contributed by atoms with Gasteiger partial charge in [0.05, 0.1) is 18.0 Å². The first-order valence-electron chi connectivity index (χ1n) is 6.91. The number of nitrogens with one attached hydrogen (secondary N) is 2. The summed E-state index contributed by atoms with van der Waals surface area (Å²) in [6, 6.07) is 7.04. The van der Waals surface area contributed by atoms with Gasteiger partial charge in [0.15, 0.2) is 0 Å². The SMILES string of the molecule is CCOc1ccc(N=C(CC)c2c(O)[nH]c(=O)[nH]c2=O)cc1. The topological polar surface area (TPSA) is 108 Å². The van der Waals surface area contributed by atoms with Gasteiger partial charge in [0.1, 0.15) is 11.3 Å². The summed E-state index contributed by atoms with van der Waals surface area (Å²) in [4.78, 5) is 31.5. The molecule has 2 aromatic rings. The van der Waals surface area contributed by atoms with Crippen LogP contribution < -0.4 is 16.0 Å². The number of ether oxygens (including phenoxy) is 1. The molecule has 0 aliphatic heterocycles. The number of aromatic hydroxyl groups is 1. The summed E-state index contributed by atoms with van der Waals surface area (Å²) >= 11 is 0. The molecule has 2 rings (SSSR count). The molecule has 0 radical (unpaired) electrons. The lowest BCUT2D eigenvalue weighted by Gasteiger charge is -2.06. The molecular formula is C15H17N3O4. The standard InChI is InChI=1S/C15H17N3O4/c1-3-11(12-13(19)17-15(21)18-14(12)20)16-9-5-7-10(8-6-9)22-4-2/h5-8H,3-4H2,1-2H3,(H3,17,18,19,20,21). The Balaban J connectivity index is 2.43. The number of aromatic nitrogens is 2. The number of hydrogen-bond donors (Lipinski definition) is 3. The van der Waals surface area contributed by atoms with Gasteiger partial charge in [-0.1, -0.05) is 6.92 Å². The normalized spacial score (nSPS) is 11.5. The number of benzene rings is 1. The second-order valence-corrected chi connectivity index (χ2v) is 4.47. The molecule has 22 heavy (non-hydrogen) atoms. The summed E-state index contributed by atoms with van der Waals surface area (Å²) in [5.74, 6) is 0.240. The van der Waals surface area contributed by atoms with Gasteiger partial charge in [-0.15, -0.1) is 0 Å². The Morgan fingerprint density at radius 3 is 2.41 bits per heavy atom. The van der Waals surface area contributed by atoms with Gasteiger partial charge < -0.3 is 9.84 Å². The zero-order valence-electron chi connectivity index (χ0n) is 12.3. The predicted molar refractivity (Wildman–Crippen MR) is 83.4 cm³/mol. The molecule has 7 heteroatoms. The van der Waals surface area contributed by atoms with E-state index in [0.717, 1.165) is 5.75 Å². The van der Waals surface area contributed by atoms with E-state index in [2.05, 4.69) is 15.0 Å². The van der Waals surface area contributed by atoms with Gasteiger partial charge in [0.25, 0.3) is 5.56 Å². The summed E-state index contributed by atoms with van der Waals surface area (Å²) in [5.41, 5.74) is -0.476. The number of aliphatic imine (C=N–C) groups is 1. The summed E-state index contributed by atoms with van der Waals surface area (Å²) < 4.78 is 5.34. The molecule has 1 aromatic carbocycles. The van der Waals surface area contributed by atoms with Gasteiger partial charge in [-0.3, -0.25) is 19.8 Å². The van der Waals surface area contributed by atoms with Crippen LogP contribution in [-0.4, -0.2) is 27.4 Å². The lowest BCUT2D eigenvalue weighted by molar-refractivity contribution is 0.340. The highest BCUT2D eigenvalue weighted by molar-refractivity contribution is 6.03. The smallest absolute Gasteiger partial charge is 0.328 e. The third-order valence-electron chi connectivity index (χ3n) is 2.96. The molecule has 0 saturated carbocycles. The molecule has 1 aromatic heterocycles. The monoisotopic (exact) mass is 303 g/mol. The first-order chi connectivity index (χ1) is 10.5. The maximum Gasteiger partial charge on any atom is 0.328 e. The Hall–Kier alpha value is -2.83. The third-order valence-corrected chi connectivity index (χ3v) is 2.96. The van der Waals surface area contributed by atoms with Crippen molar-refractivity contribution in [2.24, 2.45) is 4.99 Å². The Morgan fingerprint density at radius 2 is 1.86 bits per heavy atom. The minimum Gasteiger partial charge on any atom is -0.494 e. The molecule has 0 aliphatic rings.